The first-order valence-electron chi connectivity index (χ1n) is 5.90. The zero-order chi connectivity index (χ0) is 14.5. The number of anilines is 1. The number of nitrogens with one attached hydrogen (secondary N) is 1. The maximum Gasteiger partial charge on any atom is 0.228 e. The van der Waals surface area contributed by atoms with Gasteiger partial charge in [-0.1, -0.05) is 18.2 Å². The Morgan fingerprint density at radius 3 is 2.60 bits per heavy atom. The van der Waals surface area contributed by atoms with Crippen LogP contribution in [0.5, 0.6) is 11.5 Å². The van der Waals surface area contributed by atoms with Crippen LogP contribution >= 0.6 is 0 Å². The summed E-state index contributed by atoms with van der Waals surface area (Å²) < 4.78 is 0. The van der Waals surface area contributed by atoms with Crippen molar-refractivity contribution in [3.63, 3.8) is 0 Å². The zero-order valence-corrected chi connectivity index (χ0v) is 10.5. The topological polar surface area (TPSA) is 93.4 Å². The maximum absolute atomic E-state index is 11.9. The van der Waals surface area contributed by atoms with Gasteiger partial charge in [-0.15, -0.1) is 0 Å². The molecule has 0 radical (unpaired) electrons. The Kier molecular flexibility index (Phi) is 3.87. The molecule has 0 atom stereocenters. The molecule has 0 unspecified atom stereocenters. The molecule has 100 valence electrons. The highest BCUT2D eigenvalue weighted by molar-refractivity contribution is 5.93. The summed E-state index contributed by atoms with van der Waals surface area (Å²) in [7, 11) is 0. The van der Waals surface area contributed by atoms with E-state index in [4.69, 9.17) is 5.26 Å². The third-order valence-corrected chi connectivity index (χ3v) is 2.73. The van der Waals surface area contributed by atoms with Crippen molar-refractivity contribution >= 4 is 11.6 Å². The molecular formula is C15H12N2O3. The molecule has 2 rings (SSSR count). The van der Waals surface area contributed by atoms with Crippen molar-refractivity contribution in [3.05, 3.63) is 53.6 Å². The molecule has 2 aromatic carbocycles. The Labute approximate surface area is 115 Å². The summed E-state index contributed by atoms with van der Waals surface area (Å²) >= 11 is 0. The van der Waals surface area contributed by atoms with E-state index in [-0.39, 0.29) is 23.8 Å². The average Bonchev–Trinajstić information content (AvgIpc) is 2.43. The van der Waals surface area contributed by atoms with Crippen molar-refractivity contribution in [1.82, 2.24) is 0 Å². The Balaban J connectivity index is 2.09. The highest BCUT2D eigenvalue weighted by Crippen LogP contribution is 2.25. The number of carbonyl (C=O) groups excluding carboxylic acids is 1. The second-order valence-corrected chi connectivity index (χ2v) is 4.21. The summed E-state index contributed by atoms with van der Waals surface area (Å²) in [6.45, 7) is 0. The predicted molar refractivity (Wildman–Crippen MR) is 73.3 cm³/mol. The first kappa shape index (κ1) is 13.4. The van der Waals surface area contributed by atoms with Crippen LogP contribution in [0.25, 0.3) is 0 Å². The van der Waals surface area contributed by atoms with E-state index in [9.17, 15) is 15.0 Å². The van der Waals surface area contributed by atoms with E-state index in [0.717, 1.165) is 0 Å². The zero-order valence-electron chi connectivity index (χ0n) is 10.5. The first-order valence-corrected chi connectivity index (χ1v) is 5.90. The number of phenolic OH excluding ortho intramolecular Hbond substituents is 2. The summed E-state index contributed by atoms with van der Waals surface area (Å²) in [6.07, 6.45) is 0.0353. The molecule has 3 N–H and O–H groups in total. The van der Waals surface area contributed by atoms with Gasteiger partial charge in [-0.05, 0) is 29.8 Å². The molecular weight excluding hydrogens is 256 g/mol. The predicted octanol–water partition coefficient (Wildman–Crippen LogP) is 2.15. The fraction of sp³-hybridized carbons (Fsp3) is 0.0667. The quantitative estimate of drug-likeness (QED) is 0.743. The minimum Gasteiger partial charge on any atom is -0.504 e. The smallest absolute Gasteiger partial charge is 0.228 e. The number of rotatable bonds is 3. The summed E-state index contributed by atoms with van der Waals surface area (Å²) in [4.78, 5) is 11.9. The van der Waals surface area contributed by atoms with E-state index in [1.54, 1.807) is 30.3 Å². The van der Waals surface area contributed by atoms with Gasteiger partial charge in [0.05, 0.1) is 17.7 Å². The van der Waals surface area contributed by atoms with Crippen molar-refractivity contribution in [2.24, 2.45) is 0 Å². The number of aromatic hydroxyl groups is 2. The molecule has 1 amide bonds. The number of para-hydroxylation sites is 1. The summed E-state index contributed by atoms with van der Waals surface area (Å²) in [5.74, 6) is -0.811. The van der Waals surface area contributed by atoms with Crippen LogP contribution in [0.1, 0.15) is 11.1 Å². The molecule has 0 bridgehead atoms. The highest BCUT2D eigenvalue weighted by Gasteiger charge is 2.08. The summed E-state index contributed by atoms with van der Waals surface area (Å²) in [5.41, 5.74) is 1.39. The number of nitriles is 1. The van der Waals surface area contributed by atoms with Crippen LogP contribution in [0.2, 0.25) is 0 Å². The molecule has 0 heterocycles. The fourth-order valence-electron chi connectivity index (χ4n) is 1.75. The molecule has 0 aliphatic heterocycles. The number of hydrogen-bond donors (Lipinski definition) is 3. The van der Waals surface area contributed by atoms with Crippen LogP contribution < -0.4 is 5.32 Å². The minimum absolute atomic E-state index is 0.0353. The van der Waals surface area contributed by atoms with Gasteiger partial charge < -0.3 is 15.5 Å². The molecule has 0 fully saturated rings. The van der Waals surface area contributed by atoms with Gasteiger partial charge in [0, 0.05) is 0 Å². The lowest BCUT2D eigenvalue weighted by molar-refractivity contribution is -0.115. The SMILES string of the molecule is N#Cc1ccccc1NC(=O)Cc1ccc(O)c(O)c1. The molecule has 0 saturated carbocycles. The van der Waals surface area contributed by atoms with Crippen molar-refractivity contribution in [2.45, 2.75) is 6.42 Å². The van der Waals surface area contributed by atoms with Crippen LogP contribution in [0, 0.1) is 11.3 Å². The fourth-order valence-corrected chi connectivity index (χ4v) is 1.75. The second-order valence-electron chi connectivity index (χ2n) is 4.21. The van der Waals surface area contributed by atoms with Crippen molar-refractivity contribution in [1.29, 1.82) is 5.26 Å². The van der Waals surface area contributed by atoms with Gasteiger partial charge in [-0.25, -0.2) is 0 Å². The van der Waals surface area contributed by atoms with Gasteiger partial charge >= 0.3 is 0 Å². The molecule has 0 aliphatic carbocycles. The van der Waals surface area contributed by atoms with Gasteiger partial charge in [0.15, 0.2) is 11.5 Å². The Morgan fingerprint density at radius 2 is 1.90 bits per heavy atom. The average molecular weight is 268 g/mol. The van der Waals surface area contributed by atoms with E-state index in [1.165, 1.54) is 12.1 Å². The molecule has 0 spiro atoms. The van der Waals surface area contributed by atoms with Crippen LogP contribution in [0.15, 0.2) is 42.5 Å². The lowest BCUT2D eigenvalue weighted by Gasteiger charge is -2.07. The van der Waals surface area contributed by atoms with Gasteiger partial charge in [0.2, 0.25) is 5.91 Å². The third-order valence-electron chi connectivity index (χ3n) is 2.73. The number of carbonyl (C=O) groups is 1. The van der Waals surface area contributed by atoms with E-state index >= 15 is 0 Å². The minimum atomic E-state index is -0.308. The molecule has 0 aromatic heterocycles. The molecule has 0 aliphatic rings. The normalized spacial score (nSPS) is 9.75. The Hall–Kier alpha value is -3.00. The molecule has 0 saturated heterocycles. The van der Waals surface area contributed by atoms with Gasteiger partial charge in [0.25, 0.3) is 0 Å². The largest absolute Gasteiger partial charge is 0.504 e. The molecule has 5 heteroatoms. The van der Waals surface area contributed by atoms with Gasteiger partial charge in [-0.3, -0.25) is 4.79 Å². The second kappa shape index (κ2) is 5.76. The van der Waals surface area contributed by atoms with Crippen LogP contribution in [-0.4, -0.2) is 16.1 Å². The summed E-state index contributed by atoms with van der Waals surface area (Å²) in [6, 6.07) is 12.9. The van der Waals surface area contributed by atoms with Gasteiger partial charge in [-0.2, -0.15) is 5.26 Å². The lowest BCUT2D eigenvalue weighted by Crippen LogP contribution is -2.15. The van der Waals surface area contributed by atoms with E-state index in [0.29, 0.717) is 16.8 Å². The molecule has 20 heavy (non-hydrogen) atoms. The number of hydrogen-bond acceptors (Lipinski definition) is 4. The number of nitrogens with zero attached hydrogens (tertiary/aromatic N) is 1. The van der Waals surface area contributed by atoms with E-state index < -0.39 is 0 Å². The first-order chi connectivity index (χ1) is 9.60. The van der Waals surface area contributed by atoms with Crippen LogP contribution in [0.4, 0.5) is 5.69 Å². The third kappa shape index (κ3) is 3.06. The summed E-state index contributed by atoms with van der Waals surface area (Å²) in [5, 5.41) is 30.1. The van der Waals surface area contributed by atoms with E-state index in [1.807, 2.05) is 6.07 Å². The van der Waals surface area contributed by atoms with E-state index in [2.05, 4.69) is 5.32 Å². The number of benzene rings is 2. The Bertz CT molecular complexity index is 690. The molecule has 5 nitrogen and oxygen atoms in total. The maximum atomic E-state index is 11.9. The van der Waals surface area contributed by atoms with Crippen molar-refractivity contribution < 1.29 is 15.0 Å². The van der Waals surface area contributed by atoms with Crippen LogP contribution in [0.3, 0.4) is 0 Å². The molecule has 2 aromatic rings. The van der Waals surface area contributed by atoms with Crippen LogP contribution in [-0.2, 0) is 11.2 Å². The monoisotopic (exact) mass is 268 g/mol. The lowest BCUT2D eigenvalue weighted by atomic mass is 10.1. The van der Waals surface area contributed by atoms with Crippen molar-refractivity contribution in [3.8, 4) is 17.6 Å². The highest BCUT2D eigenvalue weighted by atomic mass is 16.3. The standard InChI is InChI=1S/C15H12N2O3/c16-9-11-3-1-2-4-12(11)17-15(20)8-10-5-6-13(18)14(19)7-10/h1-7,18-19H,8H2,(H,17,20). The number of phenols is 2. The Morgan fingerprint density at radius 1 is 1.15 bits per heavy atom. The van der Waals surface area contributed by atoms with Gasteiger partial charge in [0.1, 0.15) is 6.07 Å². The van der Waals surface area contributed by atoms with Crippen molar-refractivity contribution in [2.75, 3.05) is 5.32 Å². The number of amides is 1.